The van der Waals surface area contributed by atoms with Crippen molar-refractivity contribution >= 4 is 70.0 Å². The molecule has 5 amide bonds. The molecule has 0 radical (unpaired) electrons. The van der Waals surface area contributed by atoms with Crippen molar-refractivity contribution in [3.05, 3.63) is 301 Å². The summed E-state index contributed by atoms with van der Waals surface area (Å²) in [5.41, 5.74) is 9.05. The standard InChI is InChI=1S/C98H104N14O19P2/c1-62(2)112(63(3)4)132(125-52-21-47-99)130-81-54-88(110-51-46-85(105-95(110)117)104-86(113)32-20-50-109(6)97(119)123-58-80-77-30-18-14-26-73(77)74-27-15-19-31-78(74)80)129-84(81)60-127-133(126-53-49-100-5)131-82-55-89(128-83(82)59-124-98(66-22-10-9-11-23-66,67-37-41-69(120-7)42-38-67)68-39-43-70(121-8)44-40-68)111-61-103-90-91(111)107-94(108-93(90)116)106-87(114)45-48-101-92(115)65-35-33-64(34-36-65)56-102-96(118)122-57-79-75-28-16-12-24-71(75)72-25-13-17-29-76(72)79/h9-19,22-31,33-44,46,51,61-63,79-84,88-89H,20-21,32,45,48-50,52-60H2,1-4,6-8H3,(H,101,115)(H,102,118)(H,104,105,113,117)(H2,106,107,108,114,116)/t81?,82?,83-,84-,88-,89-,132?,133?/m1/s1. The lowest BCUT2D eigenvalue weighted by Gasteiger charge is -2.37. The van der Waals surface area contributed by atoms with E-state index in [9.17, 15) is 38.8 Å². The summed E-state index contributed by atoms with van der Waals surface area (Å²) >= 11 is 0. The first-order valence-corrected chi connectivity index (χ1v) is 46.2. The van der Waals surface area contributed by atoms with E-state index in [1.54, 1.807) is 50.1 Å². The second kappa shape index (κ2) is 44.5. The number of fused-ring (bicyclic) bond motifs is 7. The van der Waals surface area contributed by atoms with Crippen LogP contribution in [0.3, 0.4) is 0 Å². The molecule has 35 heteroatoms. The monoisotopic (exact) mass is 1840 g/mol. The zero-order valence-corrected chi connectivity index (χ0v) is 76.3. The van der Waals surface area contributed by atoms with Crippen LogP contribution in [0.2, 0.25) is 0 Å². The average molecular weight is 1840 g/mol. The predicted octanol–water partition coefficient (Wildman–Crippen LogP) is 15.6. The fourth-order valence-electron chi connectivity index (χ4n) is 17.0. The molecule has 15 rings (SSSR count). The molecule has 8 atom stereocenters. The van der Waals surface area contributed by atoms with E-state index in [0.717, 1.165) is 50.1 Å². The normalized spacial score (nSPS) is 17.1. The summed E-state index contributed by atoms with van der Waals surface area (Å²) in [6.07, 6.45) is -4.21. The predicted molar refractivity (Wildman–Crippen MR) is 497 cm³/mol. The summed E-state index contributed by atoms with van der Waals surface area (Å²) in [7, 11) is 0.300. The van der Waals surface area contributed by atoms with E-state index in [4.69, 9.17) is 67.3 Å². The van der Waals surface area contributed by atoms with Crippen LogP contribution in [0.1, 0.15) is 145 Å². The van der Waals surface area contributed by atoms with E-state index in [2.05, 4.69) is 88.2 Å². The fourth-order valence-corrected chi connectivity index (χ4v) is 19.9. The van der Waals surface area contributed by atoms with E-state index in [1.165, 1.54) is 28.1 Å². The Balaban J connectivity index is 0.642. The fraction of sp³-hybridized carbons (Fsp3) is 0.347. The van der Waals surface area contributed by atoms with Crippen LogP contribution in [-0.2, 0) is 68.0 Å². The van der Waals surface area contributed by atoms with Gasteiger partial charge in [0.25, 0.3) is 20.0 Å². The molecule has 5 heterocycles. The van der Waals surface area contributed by atoms with Crippen LogP contribution < -0.4 is 42.0 Å². The van der Waals surface area contributed by atoms with E-state index in [-0.39, 0.29) is 151 Å². The Morgan fingerprint density at radius 3 is 1.76 bits per heavy atom. The molecule has 3 aromatic heterocycles. The van der Waals surface area contributed by atoms with Crippen molar-refractivity contribution < 1.29 is 79.7 Å². The van der Waals surface area contributed by atoms with Crippen molar-refractivity contribution in [1.29, 1.82) is 5.26 Å². The Bertz CT molecular complexity index is 5970. The van der Waals surface area contributed by atoms with E-state index >= 15 is 0 Å². The Labute approximate surface area is 771 Å². The van der Waals surface area contributed by atoms with Crippen LogP contribution in [0.25, 0.3) is 38.3 Å². The van der Waals surface area contributed by atoms with Gasteiger partial charge in [0.1, 0.15) is 67.4 Å². The summed E-state index contributed by atoms with van der Waals surface area (Å²) in [4.78, 5) is 117. The number of ether oxygens (including phenoxy) is 7. The summed E-state index contributed by atoms with van der Waals surface area (Å²) < 4.78 is 82.9. The molecular formula is C98H104N14O19P2. The molecule has 11 aromatic rings. The Hall–Kier alpha value is -13.0. The largest absolute Gasteiger partial charge is 0.497 e. The molecule has 4 aliphatic rings. The molecule has 133 heavy (non-hydrogen) atoms. The molecule has 5 N–H and O–H groups in total. The number of aromatic amines is 1. The van der Waals surface area contributed by atoms with Gasteiger partial charge < -0.3 is 81.5 Å². The summed E-state index contributed by atoms with van der Waals surface area (Å²) in [5, 5.41) is 20.7. The number of benzene rings is 8. The molecule has 0 saturated carbocycles. The summed E-state index contributed by atoms with van der Waals surface area (Å²) in [6, 6.07) is 67.0. The minimum Gasteiger partial charge on any atom is -0.497 e. The molecule has 4 unspecified atom stereocenters. The van der Waals surface area contributed by atoms with Crippen LogP contribution >= 0.6 is 17.1 Å². The van der Waals surface area contributed by atoms with Gasteiger partial charge in [0, 0.05) is 88.0 Å². The van der Waals surface area contributed by atoms with Crippen LogP contribution in [-0.4, -0.2) is 186 Å². The van der Waals surface area contributed by atoms with Crippen molar-refractivity contribution in [3.8, 4) is 39.8 Å². The lowest BCUT2D eigenvalue weighted by Crippen LogP contribution is -2.38. The quantitative estimate of drug-likeness (QED) is 0.0103. The number of carbonyl (C=O) groups is 5. The maximum atomic E-state index is 14.3. The lowest BCUT2D eigenvalue weighted by atomic mass is 9.80. The number of alkyl carbamates (subject to hydrolysis) is 1. The Morgan fingerprint density at radius 2 is 1.18 bits per heavy atom. The highest BCUT2D eigenvalue weighted by Gasteiger charge is 2.47. The lowest BCUT2D eigenvalue weighted by molar-refractivity contribution is -0.117. The molecule has 2 aliphatic carbocycles. The number of methoxy groups -OCH3 is 2. The van der Waals surface area contributed by atoms with Gasteiger partial charge in [-0.3, -0.25) is 38.6 Å². The van der Waals surface area contributed by atoms with E-state index in [1.807, 2.05) is 167 Å². The molecule has 2 saturated heterocycles. The first kappa shape index (κ1) is 94.7. The van der Waals surface area contributed by atoms with Gasteiger partial charge in [0.05, 0.1) is 65.1 Å². The van der Waals surface area contributed by atoms with Crippen molar-refractivity contribution in [2.45, 2.75) is 139 Å². The smallest absolute Gasteiger partial charge is 0.409 e. The van der Waals surface area contributed by atoms with Gasteiger partial charge in [-0.25, -0.2) is 30.6 Å². The molecule has 0 bridgehead atoms. The Morgan fingerprint density at radius 1 is 0.624 bits per heavy atom. The van der Waals surface area contributed by atoms with Gasteiger partial charge in [-0.1, -0.05) is 164 Å². The Kier molecular flexibility index (Phi) is 31.7. The van der Waals surface area contributed by atoms with Gasteiger partial charge in [0.2, 0.25) is 24.3 Å². The molecule has 33 nitrogen and oxygen atoms in total. The van der Waals surface area contributed by atoms with Crippen LogP contribution in [0.15, 0.2) is 228 Å². The number of rotatable bonds is 42. The second-order valence-electron chi connectivity index (χ2n) is 32.7. The van der Waals surface area contributed by atoms with Gasteiger partial charge in [-0.05, 0) is 143 Å². The molecule has 690 valence electrons. The van der Waals surface area contributed by atoms with Gasteiger partial charge in [0.15, 0.2) is 11.2 Å². The molecule has 8 aromatic carbocycles. The summed E-state index contributed by atoms with van der Waals surface area (Å²) in [6.45, 7) is 15.6. The van der Waals surface area contributed by atoms with Gasteiger partial charge >= 0.3 is 26.5 Å². The highest BCUT2D eigenvalue weighted by Crippen LogP contribution is 2.54. The number of nitrogens with zero attached hydrogens (tertiary/aromatic N) is 9. The van der Waals surface area contributed by atoms with Crippen molar-refractivity contribution in [2.24, 2.45) is 0 Å². The maximum absolute atomic E-state index is 14.3. The average Bonchev–Trinajstić information content (AvgIpc) is 1.74. The minimum absolute atomic E-state index is 0.0134. The van der Waals surface area contributed by atoms with Crippen molar-refractivity contribution in [3.63, 3.8) is 0 Å². The highest BCUT2D eigenvalue weighted by atomic mass is 31.2. The van der Waals surface area contributed by atoms with Crippen LogP contribution in [0.4, 0.5) is 21.4 Å². The molecule has 2 fully saturated rings. The third kappa shape index (κ3) is 22.5. The second-order valence-corrected chi connectivity index (χ2v) is 35.2. The van der Waals surface area contributed by atoms with E-state index < -0.39 is 101 Å². The molecule has 0 spiro atoms. The third-order valence-corrected chi connectivity index (χ3v) is 26.8. The molecule has 2 aliphatic heterocycles. The number of anilines is 2. The first-order chi connectivity index (χ1) is 64.7. The van der Waals surface area contributed by atoms with Gasteiger partial charge in [-0.2, -0.15) is 15.2 Å². The number of carbonyl (C=O) groups excluding carboxylic acids is 5. The zero-order chi connectivity index (χ0) is 93.1. The SMILES string of the molecule is [C-]#[N+]CCOP(OC[C@H]1O[C@@H](n2ccc(NC(=O)CCCN(C)C(=O)OCC3c4ccccc4-c4ccccc43)nc2=O)CC1OP(OCCC#N)N(C(C)C)C(C)C)OC1C[C@H](n2cnc3c(=O)[nH]c(NC(=O)CCNC(=O)c4ccc(CNC(=O)OCC5c6ccccc6-c6ccccc65)cc4)nc32)O[C@@H]1COC(c1ccccc1)(c1ccc(OC)cc1)c1ccc(OC)cc1. The minimum atomic E-state index is -2.53. The number of nitrogens with one attached hydrogen (secondary N) is 5. The number of nitriles is 1. The third-order valence-electron chi connectivity index (χ3n) is 23.4. The summed E-state index contributed by atoms with van der Waals surface area (Å²) in [5.74, 6) is -0.794. The maximum Gasteiger partial charge on any atom is 0.409 e. The zero-order valence-electron chi connectivity index (χ0n) is 74.5. The first-order valence-electron chi connectivity index (χ1n) is 44.0. The number of H-pyrrole nitrogens is 1. The highest BCUT2D eigenvalue weighted by molar-refractivity contribution is 7.44. The van der Waals surface area contributed by atoms with Gasteiger partial charge in [-0.15, -0.1) is 0 Å². The number of amides is 5. The number of hydrogen-bond acceptors (Lipinski definition) is 24. The van der Waals surface area contributed by atoms with Crippen LogP contribution in [0.5, 0.6) is 11.5 Å². The topological polar surface area (TPSA) is 377 Å². The van der Waals surface area contributed by atoms with E-state index in [0.29, 0.717) is 33.8 Å². The number of hydrogen-bond donors (Lipinski definition) is 5. The van der Waals surface area contributed by atoms with Crippen LogP contribution in [0, 0.1) is 17.9 Å². The molecular weight excluding hydrogens is 1740 g/mol. The van der Waals surface area contributed by atoms with Crippen molar-refractivity contribution in [2.75, 3.05) is 91.2 Å². The van der Waals surface area contributed by atoms with Crippen molar-refractivity contribution in [1.82, 2.24) is 49.3 Å². The number of imidazole rings is 1. The number of aromatic nitrogens is 6.